The second-order valence-corrected chi connectivity index (χ2v) is 7.53. The summed E-state index contributed by atoms with van der Waals surface area (Å²) >= 11 is 0. The van der Waals surface area contributed by atoms with E-state index in [0.717, 1.165) is 18.8 Å². The smallest absolute Gasteiger partial charge is 0.251 e. The molecule has 1 heterocycles. The van der Waals surface area contributed by atoms with Crippen molar-refractivity contribution in [2.24, 2.45) is 5.92 Å². The molecule has 2 aromatic rings. The Balaban J connectivity index is 1.56. The zero-order chi connectivity index (χ0) is 22.4. The topological polar surface area (TPSA) is 89.1 Å². The highest BCUT2D eigenvalue weighted by Gasteiger charge is 2.19. The van der Waals surface area contributed by atoms with Crippen LogP contribution in [0.15, 0.2) is 36.4 Å². The molecule has 2 amide bonds. The number of carbonyl (C=O) groups is 2. The lowest BCUT2D eigenvalue weighted by Gasteiger charge is -2.18. The Bertz CT molecular complexity index is 904. The van der Waals surface area contributed by atoms with Crippen molar-refractivity contribution in [2.75, 3.05) is 51.2 Å². The number of rotatable bonds is 8. The summed E-state index contributed by atoms with van der Waals surface area (Å²) in [4.78, 5) is 27.1. The average Bonchev–Trinajstić information content (AvgIpc) is 3.23. The minimum Gasteiger partial charge on any atom is -0.493 e. The van der Waals surface area contributed by atoms with Crippen molar-refractivity contribution in [1.29, 1.82) is 0 Å². The van der Waals surface area contributed by atoms with Crippen molar-refractivity contribution < 1.29 is 23.8 Å². The second-order valence-electron chi connectivity index (χ2n) is 7.53. The molecule has 1 aliphatic rings. The van der Waals surface area contributed by atoms with Gasteiger partial charge in [0.15, 0.2) is 11.5 Å². The standard InChI is InChI=1S/C23H29N3O5/c1-15-9-10-26(14-15)18-7-5-17(6-8-18)25-21(27)13-24-23(28)16-11-19(29-2)22(31-4)20(12-16)30-3/h5-8,11-12,15H,9-10,13-14H2,1-4H3,(H,24,28)(H,25,27). The fraction of sp³-hybridized carbons (Fsp3) is 0.391. The van der Waals surface area contributed by atoms with Gasteiger partial charge in [-0.2, -0.15) is 0 Å². The van der Waals surface area contributed by atoms with Gasteiger partial charge in [-0.05, 0) is 48.7 Å². The van der Waals surface area contributed by atoms with E-state index >= 15 is 0 Å². The van der Waals surface area contributed by atoms with Gasteiger partial charge in [-0.15, -0.1) is 0 Å². The Morgan fingerprint density at radius 2 is 1.68 bits per heavy atom. The van der Waals surface area contributed by atoms with E-state index in [4.69, 9.17) is 14.2 Å². The minimum absolute atomic E-state index is 0.166. The van der Waals surface area contributed by atoms with Crippen LogP contribution in [-0.4, -0.2) is 52.8 Å². The van der Waals surface area contributed by atoms with Crippen LogP contribution in [0.5, 0.6) is 17.2 Å². The zero-order valence-electron chi connectivity index (χ0n) is 18.4. The quantitative estimate of drug-likeness (QED) is 0.673. The number of amides is 2. The largest absolute Gasteiger partial charge is 0.493 e. The Morgan fingerprint density at radius 1 is 1.03 bits per heavy atom. The van der Waals surface area contributed by atoms with Crippen LogP contribution in [0.1, 0.15) is 23.7 Å². The first kappa shape index (κ1) is 22.3. The molecule has 8 heteroatoms. The van der Waals surface area contributed by atoms with E-state index < -0.39 is 5.91 Å². The molecule has 0 spiro atoms. The maximum absolute atomic E-state index is 12.5. The number of nitrogens with one attached hydrogen (secondary N) is 2. The summed E-state index contributed by atoms with van der Waals surface area (Å²) in [5.74, 6) is 1.09. The van der Waals surface area contributed by atoms with Crippen molar-refractivity contribution in [3.05, 3.63) is 42.0 Å². The van der Waals surface area contributed by atoms with Crippen molar-refractivity contribution in [1.82, 2.24) is 5.32 Å². The first-order chi connectivity index (χ1) is 14.9. The van der Waals surface area contributed by atoms with Crippen molar-refractivity contribution >= 4 is 23.2 Å². The number of hydrogen-bond acceptors (Lipinski definition) is 6. The van der Waals surface area contributed by atoms with Crippen LogP contribution < -0.4 is 29.7 Å². The van der Waals surface area contributed by atoms with Crippen LogP contribution in [0.2, 0.25) is 0 Å². The molecule has 0 saturated carbocycles. The highest BCUT2D eigenvalue weighted by molar-refractivity contribution is 6.00. The molecule has 1 unspecified atom stereocenters. The molecule has 1 atom stereocenters. The van der Waals surface area contributed by atoms with Crippen LogP contribution in [-0.2, 0) is 4.79 Å². The number of nitrogens with zero attached hydrogens (tertiary/aromatic N) is 1. The average molecular weight is 428 g/mol. The zero-order valence-corrected chi connectivity index (χ0v) is 18.4. The molecule has 0 aromatic heterocycles. The Morgan fingerprint density at radius 3 is 2.19 bits per heavy atom. The maximum atomic E-state index is 12.5. The lowest BCUT2D eigenvalue weighted by atomic mass is 10.1. The van der Waals surface area contributed by atoms with Gasteiger partial charge >= 0.3 is 0 Å². The molecule has 1 aliphatic heterocycles. The van der Waals surface area contributed by atoms with Gasteiger partial charge in [-0.1, -0.05) is 6.92 Å². The number of hydrogen-bond donors (Lipinski definition) is 2. The molecule has 1 saturated heterocycles. The lowest BCUT2D eigenvalue weighted by Crippen LogP contribution is -2.32. The van der Waals surface area contributed by atoms with E-state index in [9.17, 15) is 9.59 Å². The van der Waals surface area contributed by atoms with Crippen molar-refractivity contribution in [3.63, 3.8) is 0 Å². The molecule has 1 fully saturated rings. The highest BCUT2D eigenvalue weighted by Crippen LogP contribution is 2.38. The summed E-state index contributed by atoms with van der Waals surface area (Å²) in [6, 6.07) is 10.8. The Hall–Kier alpha value is -3.42. The number of anilines is 2. The van der Waals surface area contributed by atoms with Gasteiger partial charge in [-0.25, -0.2) is 0 Å². The summed E-state index contributed by atoms with van der Waals surface area (Å²) in [6.45, 7) is 4.19. The van der Waals surface area contributed by atoms with E-state index in [0.29, 0.717) is 34.4 Å². The van der Waals surface area contributed by atoms with E-state index in [2.05, 4.69) is 22.5 Å². The van der Waals surface area contributed by atoms with Gasteiger partial charge in [0.25, 0.3) is 5.91 Å². The monoisotopic (exact) mass is 427 g/mol. The lowest BCUT2D eigenvalue weighted by molar-refractivity contribution is -0.115. The molecule has 0 bridgehead atoms. The molecule has 2 N–H and O–H groups in total. The number of carbonyl (C=O) groups excluding carboxylic acids is 2. The molecular formula is C23H29N3O5. The highest BCUT2D eigenvalue weighted by atomic mass is 16.5. The first-order valence-electron chi connectivity index (χ1n) is 10.2. The summed E-state index contributed by atoms with van der Waals surface area (Å²) in [5, 5.41) is 5.41. The molecule has 166 valence electrons. The van der Waals surface area contributed by atoms with Gasteiger partial charge in [0.05, 0.1) is 27.9 Å². The molecular weight excluding hydrogens is 398 g/mol. The third-order valence-corrected chi connectivity index (χ3v) is 5.28. The molecule has 0 radical (unpaired) electrons. The van der Waals surface area contributed by atoms with Crippen molar-refractivity contribution in [2.45, 2.75) is 13.3 Å². The molecule has 0 aliphatic carbocycles. The van der Waals surface area contributed by atoms with Crippen LogP contribution in [0.3, 0.4) is 0 Å². The summed E-state index contributed by atoms with van der Waals surface area (Å²) in [5.41, 5.74) is 2.13. The first-order valence-corrected chi connectivity index (χ1v) is 10.2. The Kier molecular flexibility index (Phi) is 7.23. The second kappa shape index (κ2) is 10.1. The normalized spacial score (nSPS) is 15.4. The summed E-state index contributed by atoms with van der Waals surface area (Å²) in [7, 11) is 4.44. The van der Waals surface area contributed by atoms with Crippen LogP contribution in [0.4, 0.5) is 11.4 Å². The van der Waals surface area contributed by atoms with Gasteiger partial charge in [0, 0.05) is 30.0 Å². The van der Waals surface area contributed by atoms with Crippen LogP contribution in [0, 0.1) is 5.92 Å². The van der Waals surface area contributed by atoms with Gasteiger partial charge in [0.2, 0.25) is 11.7 Å². The third-order valence-electron chi connectivity index (χ3n) is 5.28. The molecule has 2 aromatic carbocycles. The summed E-state index contributed by atoms with van der Waals surface area (Å²) < 4.78 is 15.8. The molecule has 8 nitrogen and oxygen atoms in total. The number of methoxy groups -OCH3 is 3. The SMILES string of the molecule is COc1cc(C(=O)NCC(=O)Nc2ccc(N3CCC(C)C3)cc2)cc(OC)c1OC. The fourth-order valence-corrected chi connectivity index (χ4v) is 3.61. The van der Waals surface area contributed by atoms with Gasteiger partial charge in [-0.3, -0.25) is 9.59 Å². The Labute approximate surface area is 182 Å². The summed E-state index contributed by atoms with van der Waals surface area (Å²) in [6.07, 6.45) is 1.20. The van der Waals surface area contributed by atoms with Crippen LogP contribution >= 0.6 is 0 Å². The third kappa shape index (κ3) is 5.39. The van der Waals surface area contributed by atoms with Gasteiger partial charge in [0.1, 0.15) is 0 Å². The van der Waals surface area contributed by atoms with E-state index in [-0.39, 0.29) is 12.5 Å². The predicted molar refractivity (Wildman–Crippen MR) is 119 cm³/mol. The predicted octanol–water partition coefficient (Wildman–Crippen LogP) is 2.93. The fourth-order valence-electron chi connectivity index (χ4n) is 3.61. The van der Waals surface area contributed by atoms with Crippen LogP contribution in [0.25, 0.3) is 0 Å². The van der Waals surface area contributed by atoms with E-state index in [1.807, 2.05) is 24.3 Å². The van der Waals surface area contributed by atoms with E-state index in [1.165, 1.54) is 39.9 Å². The van der Waals surface area contributed by atoms with Gasteiger partial charge < -0.3 is 29.7 Å². The number of benzene rings is 2. The van der Waals surface area contributed by atoms with Crippen molar-refractivity contribution in [3.8, 4) is 17.2 Å². The minimum atomic E-state index is -0.423. The molecule has 3 rings (SSSR count). The number of ether oxygens (including phenoxy) is 3. The van der Waals surface area contributed by atoms with E-state index in [1.54, 1.807) is 0 Å². The maximum Gasteiger partial charge on any atom is 0.251 e. The molecule has 31 heavy (non-hydrogen) atoms.